The number of rotatable bonds is 2. The molecule has 6 heteroatoms. The van der Waals surface area contributed by atoms with Crippen molar-refractivity contribution >= 4 is 37.8 Å². The van der Waals surface area contributed by atoms with Crippen LogP contribution in [-0.4, -0.2) is 12.6 Å². The van der Waals surface area contributed by atoms with Crippen molar-refractivity contribution in [2.24, 2.45) is 0 Å². The standard InChI is InChI=1S/C9H6Br2F2O2/c1-2-15-9(14)6-7(11)5(12)3-4(10)8(6)13/h3H,2H2,1H3. The Labute approximate surface area is 102 Å². The SMILES string of the molecule is CCOC(=O)c1c(F)c(Br)cc(F)c1Br. The second kappa shape index (κ2) is 5.03. The van der Waals surface area contributed by atoms with E-state index >= 15 is 0 Å². The van der Waals surface area contributed by atoms with E-state index < -0.39 is 23.2 Å². The maximum absolute atomic E-state index is 13.5. The van der Waals surface area contributed by atoms with E-state index in [1.807, 2.05) is 0 Å². The van der Waals surface area contributed by atoms with Gasteiger partial charge in [-0.05, 0) is 44.8 Å². The molecule has 0 aliphatic rings. The molecule has 0 aliphatic carbocycles. The molecule has 82 valence electrons. The Bertz CT molecular complexity index is 381. The van der Waals surface area contributed by atoms with Crippen LogP contribution in [0.1, 0.15) is 17.3 Å². The number of hydrogen-bond donors (Lipinski definition) is 0. The Morgan fingerprint density at radius 2 is 2.07 bits per heavy atom. The zero-order chi connectivity index (χ0) is 11.6. The van der Waals surface area contributed by atoms with Crippen LogP contribution in [0.15, 0.2) is 15.0 Å². The van der Waals surface area contributed by atoms with Gasteiger partial charge in [0.25, 0.3) is 0 Å². The molecule has 0 spiro atoms. The molecule has 1 rings (SSSR count). The van der Waals surface area contributed by atoms with Crippen LogP contribution in [0.25, 0.3) is 0 Å². The summed E-state index contributed by atoms with van der Waals surface area (Å²) in [5.74, 6) is -2.48. The summed E-state index contributed by atoms with van der Waals surface area (Å²) in [4.78, 5) is 11.3. The molecule has 0 amide bonds. The number of carbonyl (C=O) groups is 1. The van der Waals surface area contributed by atoms with Gasteiger partial charge in [-0.15, -0.1) is 0 Å². The summed E-state index contributed by atoms with van der Waals surface area (Å²) >= 11 is 5.61. The van der Waals surface area contributed by atoms with Gasteiger partial charge in [0.2, 0.25) is 0 Å². The van der Waals surface area contributed by atoms with E-state index in [0.717, 1.165) is 6.07 Å². The average molecular weight is 344 g/mol. The summed E-state index contributed by atoms with van der Waals surface area (Å²) in [6.07, 6.45) is 0. The summed E-state index contributed by atoms with van der Waals surface area (Å²) in [6, 6.07) is 0.933. The number of hydrogen-bond acceptors (Lipinski definition) is 2. The minimum absolute atomic E-state index is 0.0961. The van der Waals surface area contributed by atoms with Crippen LogP contribution >= 0.6 is 31.9 Å². The third-order valence-corrected chi connectivity index (χ3v) is 2.94. The molecule has 0 aromatic heterocycles. The fourth-order valence-electron chi connectivity index (χ4n) is 0.956. The first-order valence-corrected chi connectivity index (χ1v) is 5.57. The second-order valence-electron chi connectivity index (χ2n) is 2.56. The normalized spacial score (nSPS) is 10.2. The van der Waals surface area contributed by atoms with Crippen molar-refractivity contribution in [2.45, 2.75) is 6.92 Å². The zero-order valence-electron chi connectivity index (χ0n) is 7.61. The highest BCUT2D eigenvalue weighted by Crippen LogP contribution is 2.29. The largest absolute Gasteiger partial charge is 0.462 e. The van der Waals surface area contributed by atoms with Gasteiger partial charge < -0.3 is 4.74 Å². The third-order valence-electron chi connectivity index (χ3n) is 1.59. The predicted octanol–water partition coefficient (Wildman–Crippen LogP) is 3.67. The Morgan fingerprint density at radius 3 is 2.60 bits per heavy atom. The molecular formula is C9H6Br2F2O2. The highest BCUT2D eigenvalue weighted by Gasteiger charge is 2.22. The van der Waals surface area contributed by atoms with Crippen molar-refractivity contribution in [3.05, 3.63) is 32.2 Å². The van der Waals surface area contributed by atoms with E-state index in [1.54, 1.807) is 6.92 Å². The molecule has 0 unspecified atom stereocenters. The number of esters is 1. The lowest BCUT2D eigenvalue weighted by Gasteiger charge is -2.07. The van der Waals surface area contributed by atoms with Crippen LogP contribution in [0.2, 0.25) is 0 Å². The second-order valence-corrected chi connectivity index (χ2v) is 4.21. The highest BCUT2D eigenvalue weighted by atomic mass is 79.9. The first kappa shape index (κ1) is 12.6. The van der Waals surface area contributed by atoms with Gasteiger partial charge in [0.1, 0.15) is 11.4 Å². The van der Waals surface area contributed by atoms with E-state index in [1.165, 1.54) is 0 Å². The molecule has 0 heterocycles. The van der Waals surface area contributed by atoms with Gasteiger partial charge in [-0.25, -0.2) is 13.6 Å². The van der Waals surface area contributed by atoms with E-state index in [0.29, 0.717) is 0 Å². The summed E-state index contributed by atoms with van der Waals surface area (Å²) in [5.41, 5.74) is -0.441. The van der Waals surface area contributed by atoms with Crippen LogP contribution < -0.4 is 0 Å². The molecule has 0 bridgehead atoms. The number of ether oxygens (including phenoxy) is 1. The van der Waals surface area contributed by atoms with Gasteiger partial charge >= 0.3 is 5.97 Å². The monoisotopic (exact) mass is 342 g/mol. The Hall–Kier alpha value is -0.490. The van der Waals surface area contributed by atoms with Crippen molar-refractivity contribution in [3.63, 3.8) is 0 Å². The summed E-state index contributed by atoms with van der Waals surface area (Å²) in [5, 5.41) is 0. The lowest BCUT2D eigenvalue weighted by atomic mass is 10.2. The van der Waals surface area contributed by atoms with Crippen molar-refractivity contribution in [3.8, 4) is 0 Å². The maximum atomic E-state index is 13.5. The molecule has 2 nitrogen and oxygen atoms in total. The molecule has 0 fully saturated rings. The molecular weight excluding hydrogens is 338 g/mol. The van der Waals surface area contributed by atoms with Crippen molar-refractivity contribution in [1.82, 2.24) is 0 Å². The summed E-state index contributed by atoms with van der Waals surface area (Å²) < 4.78 is 30.9. The molecule has 0 saturated carbocycles. The minimum Gasteiger partial charge on any atom is -0.462 e. The number of benzene rings is 1. The van der Waals surface area contributed by atoms with Crippen molar-refractivity contribution < 1.29 is 18.3 Å². The molecule has 15 heavy (non-hydrogen) atoms. The Balaban J connectivity index is 3.32. The Kier molecular flexibility index (Phi) is 4.21. The smallest absolute Gasteiger partial charge is 0.342 e. The van der Waals surface area contributed by atoms with Gasteiger partial charge in [-0.3, -0.25) is 0 Å². The van der Waals surface area contributed by atoms with Crippen LogP contribution in [0.3, 0.4) is 0 Å². The van der Waals surface area contributed by atoms with Gasteiger partial charge in [0.15, 0.2) is 5.82 Å². The van der Waals surface area contributed by atoms with Crippen LogP contribution in [0, 0.1) is 11.6 Å². The summed E-state index contributed by atoms with van der Waals surface area (Å²) in [6.45, 7) is 1.68. The predicted molar refractivity (Wildman–Crippen MR) is 57.7 cm³/mol. The lowest BCUT2D eigenvalue weighted by molar-refractivity contribution is 0.0519. The van der Waals surface area contributed by atoms with E-state index in [-0.39, 0.29) is 15.6 Å². The van der Waals surface area contributed by atoms with E-state index in [4.69, 9.17) is 0 Å². The highest BCUT2D eigenvalue weighted by molar-refractivity contribution is 9.11. The Morgan fingerprint density at radius 1 is 1.47 bits per heavy atom. The molecule has 0 atom stereocenters. The summed E-state index contributed by atoms with van der Waals surface area (Å²) in [7, 11) is 0. The number of halogens is 4. The molecule has 1 aromatic carbocycles. The van der Waals surface area contributed by atoms with Gasteiger partial charge in [-0.1, -0.05) is 0 Å². The zero-order valence-corrected chi connectivity index (χ0v) is 10.8. The molecule has 1 aromatic rings. The fourth-order valence-corrected chi connectivity index (χ4v) is 1.81. The first-order valence-electron chi connectivity index (χ1n) is 3.99. The molecule has 0 saturated heterocycles. The van der Waals surface area contributed by atoms with Gasteiger partial charge in [0, 0.05) is 0 Å². The first-order chi connectivity index (χ1) is 6.99. The molecule has 0 aliphatic heterocycles. The van der Waals surface area contributed by atoms with Gasteiger partial charge in [0.05, 0.1) is 15.6 Å². The third kappa shape index (κ3) is 2.55. The van der Waals surface area contributed by atoms with Gasteiger partial charge in [-0.2, -0.15) is 0 Å². The fraction of sp³-hybridized carbons (Fsp3) is 0.222. The quantitative estimate of drug-likeness (QED) is 0.605. The van der Waals surface area contributed by atoms with Crippen molar-refractivity contribution in [1.29, 1.82) is 0 Å². The van der Waals surface area contributed by atoms with Crippen molar-refractivity contribution in [2.75, 3.05) is 6.61 Å². The maximum Gasteiger partial charge on any atom is 0.342 e. The minimum atomic E-state index is -0.901. The van der Waals surface area contributed by atoms with Crippen LogP contribution in [0.4, 0.5) is 8.78 Å². The van der Waals surface area contributed by atoms with Crippen LogP contribution in [-0.2, 0) is 4.74 Å². The molecule has 0 N–H and O–H groups in total. The lowest BCUT2D eigenvalue weighted by Crippen LogP contribution is -2.09. The topological polar surface area (TPSA) is 26.3 Å². The average Bonchev–Trinajstić information content (AvgIpc) is 2.16. The van der Waals surface area contributed by atoms with Crippen LogP contribution in [0.5, 0.6) is 0 Å². The number of carbonyl (C=O) groups excluding carboxylic acids is 1. The molecule has 0 radical (unpaired) electrons. The van der Waals surface area contributed by atoms with E-state index in [2.05, 4.69) is 36.6 Å². The van der Waals surface area contributed by atoms with E-state index in [9.17, 15) is 13.6 Å².